The molecule has 0 fully saturated rings. The molecule has 2 aliphatic rings. The third-order valence-corrected chi connectivity index (χ3v) is 4.31. The summed E-state index contributed by atoms with van der Waals surface area (Å²) in [6, 6.07) is 8.85. The van der Waals surface area contributed by atoms with E-state index in [1.807, 2.05) is 0 Å². The van der Waals surface area contributed by atoms with Gasteiger partial charge in [-0.1, -0.05) is 46.3 Å². The maximum Gasteiger partial charge on any atom is 0.108 e. The van der Waals surface area contributed by atoms with Gasteiger partial charge in [0.05, 0.1) is 0 Å². The molecule has 0 saturated carbocycles. The Morgan fingerprint density at radius 1 is 0.833 bits per heavy atom. The number of rotatable bonds is 0. The van der Waals surface area contributed by atoms with Crippen LogP contribution in [0.5, 0.6) is 0 Å². The molecule has 0 nitrogen and oxygen atoms in total. The van der Waals surface area contributed by atoms with Crippen molar-refractivity contribution in [2.24, 2.45) is 0 Å². The van der Waals surface area contributed by atoms with Crippen LogP contribution in [0, 0.1) is 0 Å². The Morgan fingerprint density at radius 2 is 1.44 bits per heavy atom. The molecule has 2 heteroatoms. The first-order valence-electron chi connectivity index (χ1n) is 6.12. The van der Waals surface area contributed by atoms with Crippen LogP contribution in [-0.4, -0.2) is 7.85 Å². The first-order chi connectivity index (χ1) is 8.72. The van der Waals surface area contributed by atoms with Gasteiger partial charge in [-0.2, -0.15) is 0 Å². The van der Waals surface area contributed by atoms with E-state index in [0.29, 0.717) is 0 Å². The van der Waals surface area contributed by atoms with Crippen molar-refractivity contribution >= 4 is 46.7 Å². The monoisotopic (exact) mass is 292 g/mol. The molecule has 0 amide bonds. The number of benzene rings is 2. The number of allylic oxidation sites excluding steroid dienone is 2. The average molecular weight is 293 g/mol. The Morgan fingerprint density at radius 3 is 2.17 bits per heavy atom. The second-order valence-electron chi connectivity index (χ2n) is 5.04. The largest absolute Gasteiger partial charge is 0.113 e. The van der Waals surface area contributed by atoms with Crippen molar-refractivity contribution in [2.75, 3.05) is 0 Å². The van der Waals surface area contributed by atoms with Crippen LogP contribution in [0.4, 0.5) is 0 Å². The van der Waals surface area contributed by atoms with E-state index in [9.17, 15) is 0 Å². The quantitative estimate of drug-likeness (QED) is 0.639. The Kier molecular flexibility index (Phi) is 2.13. The smallest absolute Gasteiger partial charge is 0.108 e. The summed E-state index contributed by atoms with van der Waals surface area (Å²) in [6.45, 7) is 0. The van der Waals surface area contributed by atoms with E-state index >= 15 is 0 Å². The Balaban J connectivity index is 2.20. The highest BCUT2D eigenvalue weighted by atomic mass is 79.9. The van der Waals surface area contributed by atoms with Crippen molar-refractivity contribution in [3.63, 3.8) is 0 Å². The van der Waals surface area contributed by atoms with Gasteiger partial charge in [-0.25, -0.2) is 0 Å². The minimum atomic E-state index is 0.873. The molecule has 2 aromatic rings. The molecule has 0 heterocycles. The van der Waals surface area contributed by atoms with Crippen molar-refractivity contribution in [3.05, 3.63) is 56.5 Å². The minimum absolute atomic E-state index is 0.873. The summed E-state index contributed by atoms with van der Waals surface area (Å²) >= 11 is 3.63. The van der Waals surface area contributed by atoms with Gasteiger partial charge in [-0.05, 0) is 45.5 Å². The molecule has 0 saturated heterocycles. The topological polar surface area (TPSA) is 0 Å². The van der Waals surface area contributed by atoms with E-state index in [-0.39, 0.29) is 0 Å². The lowest BCUT2D eigenvalue weighted by molar-refractivity contribution is 1.23. The molecule has 0 spiro atoms. The first kappa shape index (κ1) is 10.6. The summed E-state index contributed by atoms with van der Waals surface area (Å²) in [5.74, 6) is 0. The predicted molar refractivity (Wildman–Crippen MR) is 82.0 cm³/mol. The van der Waals surface area contributed by atoms with Crippen LogP contribution >= 0.6 is 15.9 Å². The van der Waals surface area contributed by atoms with Crippen LogP contribution < -0.4 is 0 Å². The molecule has 4 rings (SSSR count). The van der Waals surface area contributed by atoms with Gasteiger partial charge >= 0.3 is 0 Å². The van der Waals surface area contributed by atoms with Gasteiger partial charge in [0.1, 0.15) is 7.85 Å². The molecular formula is C16H10BBr. The fourth-order valence-corrected chi connectivity index (χ4v) is 3.65. The fourth-order valence-electron chi connectivity index (χ4n) is 3.10. The third kappa shape index (κ3) is 1.39. The highest BCUT2D eigenvalue weighted by molar-refractivity contribution is 9.11. The molecule has 0 aliphatic heterocycles. The van der Waals surface area contributed by atoms with Gasteiger partial charge in [0.15, 0.2) is 0 Å². The van der Waals surface area contributed by atoms with E-state index in [4.69, 9.17) is 7.85 Å². The van der Waals surface area contributed by atoms with Gasteiger partial charge in [0.2, 0.25) is 0 Å². The molecule has 0 unspecified atom stereocenters. The summed E-state index contributed by atoms with van der Waals surface area (Å²) in [7, 11) is 6.01. The van der Waals surface area contributed by atoms with E-state index < -0.39 is 0 Å². The third-order valence-electron chi connectivity index (χ3n) is 3.80. The van der Waals surface area contributed by atoms with Gasteiger partial charge in [0.25, 0.3) is 0 Å². The van der Waals surface area contributed by atoms with Gasteiger partial charge in [0, 0.05) is 10.9 Å². The average Bonchev–Trinajstić information content (AvgIpc) is 2.34. The minimum Gasteiger partial charge on any atom is -0.113 e. The molecule has 18 heavy (non-hydrogen) atoms. The Labute approximate surface area is 116 Å². The van der Waals surface area contributed by atoms with Gasteiger partial charge in [-0.15, -0.1) is 5.47 Å². The molecule has 0 bridgehead atoms. The van der Waals surface area contributed by atoms with Gasteiger partial charge < -0.3 is 0 Å². The predicted octanol–water partition coefficient (Wildman–Crippen LogP) is 4.20. The number of halogens is 1. The first-order valence-corrected chi connectivity index (χ1v) is 6.91. The molecular weight excluding hydrogens is 283 g/mol. The summed E-state index contributed by atoms with van der Waals surface area (Å²) < 4.78 is 1.25. The number of hydrogen-bond donors (Lipinski definition) is 0. The van der Waals surface area contributed by atoms with Crippen molar-refractivity contribution in [3.8, 4) is 0 Å². The molecule has 0 aromatic heterocycles. The maximum atomic E-state index is 6.01. The normalized spacial score (nSPS) is 16.5. The van der Waals surface area contributed by atoms with E-state index in [2.05, 4.69) is 52.3 Å². The van der Waals surface area contributed by atoms with E-state index in [1.54, 1.807) is 0 Å². The van der Waals surface area contributed by atoms with Crippen LogP contribution in [0.1, 0.15) is 22.3 Å². The second-order valence-corrected chi connectivity index (χ2v) is 6.06. The highest BCUT2D eigenvalue weighted by Crippen LogP contribution is 2.39. The lowest BCUT2D eigenvalue weighted by Crippen LogP contribution is -2.04. The molecule has 84 valence electrons. The van der Waals surface area contributed by atoms with Crippen LogP contribution in [0.2, 0.25) is 0 Å². The van der Waals surface area contributed by atoms with Crippen molar-refractivity contribution in [1.29, 1.82) is 0 Å². The summed E-state index contributed by atoms with van der Waals surface area (Å²) in [6.07, 6.45) is 6.21. The van der Waals surface area contributed by atoms with Crippen LogP contribution in [-0.2, 0) is 12.8 Å². The fraction of sp³-hybridized carbons (Fsp3) is 0.125. The van der Waals surface area contributed by atoms with E-state index in [1.165, 1.54) is 37.5 Å². The molecule has 2 radical (unpaired) electrons. The lowest BCUT2D eigenvalue weighted by atomic mass is 9.78. The molecule has 2 aromatic carbocycles. The van der Waals surface area contributed by atoms with Crippen LogP contribution in [0.25, 0.3) is 22.9 Å². The molecule has 2 aliphatic carbocycles. The zero-order valence-corrected chi connectivity index (χ0v) is 11.4. The molecule has 0 atom stereocenters. The second kappa shape index (κ2) is 3.61. The van der Waals surface area contributed by atoms with E-state index in [0.717, 1.165) is 18.3 Å². The standard InChI is InChI=1S/C16H10BBr/c17-13-5-9-1-3-11-7-14(18)8-12-4-2-10(6-13)15(9)16(11)12/h1-5,8H,6-7H2. The zero-order valence-electron chi connectivity index (χ0n) is 9.83. The lowest BCUT2D eigenvalue weighted by Gasteiger charge is -2.22. The Hall–Kier alpha value is -1.28. The summed E-state index contributed by atoms with van der Waals surface area (Å²) in [4.78, 5) is 0. The Bertz CT molecular complexity index is 688. The van der Waals surface area contributed by atoms with Crippen molar-refractivity contribution in [1.82, 2.24) is 0 Å². The van der Waals surface area contributed by atoms with Crippen molar-refractivity contribution in [2.45, 2.75) is 12.8 Å². The van der Waals surface area contributed by atoms with Crippen molar-refractivity contribution < 1.29 is 0 Å². The summed E-state index contributed by atoms with van der Waals surface area (Å²) in [5.41, 5.74) is 6.31. The maximum absolute atomic E-state index is 6.01. The van der Waals surface area contributed by atoms with Gasteiger partial charge in [-0.3, -0.25) is 0 Å². The van der Waals surface area contributed by atoms with Crippen LogP contribution in [0.3, 0.4) is 0 Å². The summed E-state index contributed by atoms with van der Waals surface area (Å²) in [5, 5.41) is 2.81. The number of hydrogen-bond acceptors (Lipinski definition) is 0. The highest BCUT2D eigenvalue weighted by Gasteiger charge is 2.18. The zero-order chi connectivity index (χ0) is 12.3. The SMILES string of the molecule is [B]C1=Cc2ccc3c4c(ccc(c24)C1)C=C(Br)C3. The molecule has 0 N–H and O–H groups in total. The van der Waals surface area contributed by atoms with Crippen LogP contribution in [0.15, 0.2) is 34.2 Å².